The number of aryl methyl sites for hydroxylation is 1. The molecule has 0 radical (unpaired) electrons. The number of hydrogen-bond donors (Lipinski definition) is 2. The average Bonchev–Trinajstić information content (AvgIpc) is 2.89. The van der Waals surface area contributed by atoms with Crippen LogP contribution in [-0.2, 0) is 6.42 Å². The van der Waals surface area contributed by atoms with Crippen LogP contribution in [-0.4, -0.2) is 6.61 Å². The summed E-state index contributed by atoms with van der Waals surface area (Å²) in [5, 5.41) is 0. The van der Waals surface area contributed by atoms with Crippen molar-refractivity contribution >= 4 is 0 Å². The van der Waals surface area contributed by atoms with Gasteiger partial charge in [-0.2, -0.15) is 0 Å². The predicted molar refractivity (Wildman–Crippen MR) is 76.0 cm³/mol. The van der Waals surface area contributed by atoms with Crippen LogP contribution in [0.25, 0.3) is 0 Å². The van der Waals surface area contributed by atoms with Gasteiger partial charge >= 0.3 is 0 Å². The van der Waals surface area contributed by atoms with Crippen LogP contribution in [0.1, 0.15) is 28.3 Å². The second-order valence-corrected chi connectivity index (χ2v) is 4.95. The van der Waals surface area contributed by atoms with Crippen LogP contribution >= 0.6 is 0 Å². The summed E-state index contributed by atoms with van der Waals surface area (Å²) in [6.07, 6.45) is 0.980. The maximum atomic E-state index is 5.78. The van der Waals surface area contributed by atoms with Crippen LogP contribution in [0.3, 0.4) is 0 Å². The zero-order valence-electron chi connectivity index (χ0n) is 11.0. The SMILES string of the molecule is Cc1cccc(C(NN)c2cccc3c2OCC3)c1. The van der Waals surface area contributed by atoms with E-state index in [1.807, 2.05) is 0 Å². The van der Waals surface area contributed by atoms with E-state index in [2.05, 4.69) is 54.8 Å². The summed E-state index contributed by atoms with van der Waals surface area (Å²) in [6, 6.07) is 14.6. The van der Waals surface area contributed by atoms with Gasteiger partial charge in [-0.05, 0) is 18.1 Å². The second kappa shape index (κ2) is 5.03. The minimum absolute atomic E-state index is 0.0343. The largest absolute Gasteiger partial charge is 0.493 e. The highest BCUT2D eigenvalue weighted by atomic mass is 16.5. The summed E-state index contributed by atoms with van der Waals surface area (Å²) in [4.78, 5) is 0. The molecule has 0 spiro atoms. The summed E-state index contributed by atoms with van der Waals surface area (Å²) in [5.41, 5.74) is 7.68. The summed E-state index contributed by atoms with van der Waals surface area (Å²) in [6.45, 7) is 2.85. The average molecular weight is 254 g/mol. The standard InChI is InChI=1S/C16H18N2O/c1-11-4-2-6-13(10-11)15(18-17)14-7-3-5-12-8-9-19-16(12)14/h2-7,10,15,18H,8-9,17H2,1H3. The van der Waals surface area contributed by atoms with E-state index in [1.54, 1.807) is 0 Å². The molecule has 2 aromatic rings. The van der Waals surface area contributed by atoms with E-state index >= 15 is 0 Å². The molecule has 0 aromatic heterocycles. The third kappa shape index (κ3) is 2.23. The lowest BCUT2D eigenvalue weighted by Crippen LogP contribution is -2.29. The molecule has 0 fully saturated rings. The van der Waals surface area contributed by atoms with Crippen molar-refractivity contribution in [1.29, 1.82) is 0 Å². The normalized spacial score (nSPS) is 14.8. The number of benzene rings is 2. The molecular weight excluding hydrogens is 236 g/mol. The van der Waals surface area contributed by atoms with Crippen molar-refractivity contribution in [3.05, 3.63) is 64.7 Å². The van der Waals surface area contributed by atoms with Crippen molar-refractivity contribution in [2.75, 3.05) is 6.61 Å². The Kier molecular flexibility index (Phi) is 3.23. The monoisotopic (exact) mass is 254 g/mol. The Morgan fingerprint density at radius 2 is 2.05 bits per heavy atom. The third-order valence-corrected chi connectivity index (χ3v) is 3.60. The number of para-hydroxylation sites is 1. The Hall–Kier alpha value is -1.84. The summed E-state index contributed by atoms with van der Waals surface area (Å²) in [7, 11) is 0. The first-order valence-electron chi connectivity index (χ1n) is 6.57. The molecular formula is C16H18N2O. The van der Waals surface area contributed by atoms with E-state index in [0.29, 0.717) is 0 Å². The van der Waals surface area contributed by atoms with Gasteiger partial charge in [-0.3, -0.25) is 5.84 Å². The molecule has 2 aromatic carbocycles. The van der Waals surface area contributed by atoms with Crippen molar-refractivity contribution in [2.45, 2.75) is 19.4 Å². The lowest BCUT2D eigenvalue weighted by molar-refractivity contribution is 0.350. The molecule has 1 unspecified atom stereocenters. The number of rotatable bonds is 3. The highest BCUT2D eigenvalue weighted by Gasteiger charge is 2.22. The van der Waals surface area contributed by atoms with Gasteiger partial charge in [0.1, 0.15) is 5.75 Å². The first kappa shape index (κ1) is 12.2. The highest BCUT2D eigenvalue weighted by Crippen LogP contribution is 2.35. The molecule has 0 bridgehead atoms. The molecule has 0 saturated carbocycles. The van der Waals surface area contributed by atoms with Gasteiger partial charge in [0, 0.05) is 12.0 Å². The van der Waals surface area contributed by atoms with E-state index in [9.17, 15) is 0 Å². The molecule has 3 heteroatoms. The Morgan fingerprint density at radius 3 is 2.84 bits per heavy atom. The zero-order chi connectivity index (χ0) is 13.2. The fourth-order valence-electron chi connectivity index (χ4n) is 2.68. The molecule has 1 atom stereocenters. The van der Waals surface area contributed by atoms with Crippen molar-refractivity contribution in [2.24, 2.45) is 5.84 Å². The van der Waals surface area contributed by atoms with Gasteiger partial charge in [0.05, 0.1) is 12.6 Å². The first-order valence-corrected chi connectivity index (χ1v) is 6.57. The van der Waals surface area contributed by atoms with Gasteiger partial charge in [-0.15, -0.1) is 0 Å². The van der Waals surface area contributed by atoms with Crippen LogP contribution in [0, 0.1) is 6.92 Å². The summed E-state index contributed by atoms with van der Waals surface area (Å²) >= 11 is 0. The third-order valence-electron chi connectivity index (χ3n) is 3.60. The molecule has 3 nitrogen and oxygen atoms in total. The molecule has 98 valence electrons. The predicted octanol–water partition coefficient (Wildman–Crippen LogP) is 2.48. The number of nitrogens with two attached hydrogens (primary N) is 1. The summed E-state index contributed by atoms with van der Waals surface area (Å²) in [5.74, 6) is 6.77. The van der Waals surface area contributed by atoms with E-state index in [4.69, 9.17) is 10.6 Å². The van der Waals surface area contributed by atoms with Gasteiger partial charge in [0.15, 0.2) is 0 Å². The van der Waals surface area contributed by atoms with Crippen LogP contribution in [0.2, 0.25) is 0 Å². The zero-order valence-corrected chi connectivity index (χ0v) is 11.0. The molecule has 3 rings (SSSR count). The van der Waals surface area contributed by atoms with Crippen molar-refractivity contribution < 1.29 is 4.74 Å². The lowest BCUT2D eigenvalue weighted by Gasteiger charge is -2.19. The Morgan fingerprint density at radius 1 is 1.21 bits per heavy atom. The first-order chi connectivity index (χ1) is 9.29. The Bertz CT molecular complexity index is 595. The fraction of sp³-hybridized carbons (Fsp3) is 0.250. The van der Waals surface area contributed by atoms with Gasteiger partial charge in [0.2, 0.25) is 0 Å². The highest BCUT2D eigenvalue weighted by molar-refractivity contribution is 5.48. The number of fused-ring (bicyclic) bond motifs is 1. The maximum absolute atomic E-state index is 5.78. The minimum atomic E-state index is -0.0343. The van der Waals surface area contributed by atoms with E-state index < -0.39 is 0 Å². The second-order valence-electron chi connectivity index (χ2n) is 4.95. The van der Waals surface area contributed by atoms with E-state index in [1.165, 1.54) is 11.1 Å². The van der Waals surface area contributed by atoms with Crippen LogP contribution in [0.5, 0.6) is 5.75 Å². The van der Waals surface area contributed by atoms with Crippen LogP contribution < -0.4 is 16.0 Å². The maximum Gasteiger partial charge on any atom is 0.127 e. The van der Waals surface area contributed by atoms with Gasteiger partial charge < -0.3 is 4.74 Å². The van der Waals surface area contributed by atoms with Crippen molar-refractivity contribution in [3.8, 4) is 5.75 Å². The molecule has 0 amide bonds. The van der Waals surface area contributed by atoms with Crippen LogP contribution in [0.4, 0.5) is 0 Å². The summed E-state index contributed by atoms with van der Waals surface area (Å²) < 4.78 is 5.77. The number of nitrogens with one attached hydrogen (secondary N) is 1. The molecule has 19 heavy (non-hydrogen) atoms. The molecule has 1 heterocycles. The fourth-order valence-corrected chi connectivity index (χ4v) is 2.68. The Labute approximate surface area is 113 Å². The number of hydrazine groups is 1. The minimum Gasteiger partial charge on any atom is -0.493 e. The lowest BCUT2D eigenvalue weighted by atomic mass is 9.95. The van der Waals surface area contributed by atoms with Crippen molar-refractivity contribution in [3.63, 3.8) is 0 Å². The van der Waals surface area contributed by atoms with Crippen LogP contribution in [0.15, 0.2) is 42.5 Å². The molecule has 0 saturated heterocycles. The quantitative estimate of drug-likeness (QED) is 0.653. The number of hydrogen-bond acceptors (Lipinski definition) is 3. The Balaban J connectivity index is 2.06. The van der Waals surface area contributed by atoms with Gasteiger partial charge in [-0.1, -0.05) is 48.0 Å². The van der Waals surface area contributed by atoms with Gasteiger partial charge in [0.25, 0.3) is 0 Å². The molecule has 1 aliphatic heterocycles. The molecule has 1 aliphatic rings. The van der Waals surface area contributed by atoms with Crippen molar-refractivity contribution in [1.82, 2.24) is 5.43 Å². The van der Waals surface area contributed by atoms with E-state index in [-0.39, 0.29) is 6.04 Å². The molecule has 0 aliphatic carbocycles. The topological polar surface area (TPSA) is 47.3 Å². The number of ether oxygens (including phenoxy) is 1. The molecule has 3 N–H and O–H groups in total. The van der Waals surface area contributed by atoms with E-state index in [0.717, 1.165) is 29.9 Å². The smallest absolute Gasteiger partial charge is 0.127 e. The van der Waals surface area contributed by atoms with Gasteiger partial charge in [-0.25, -0.2) is 5.43 Å².